The molecule has 1 heterocycles. The predicted molar refractivity (Wildman–Crippen MR) is 136 cm³/mol. The molecule has 0 saturated carbocycles. The van der Waals surface area contributed by atoms with Crippen molar-refractivity contribution in [3.63, 3.8) is 0 Å². The molecule has 2 aromatic carbocycles. The third kappa shape index (κ3) is 8.73. The maximum Gasteiger partial charge on any atom is 0.325 e. The lowest BCUT2D eigenvalue weighted by Gasteiger charge is -2.18. The van der Waals surface area contributed by atoms with Crippen molar-refractivity contribution in [2.75, 3.05) is 19.3 Å². The molecule has 0 spiro atoms. The Kier molecular flexibility index (Phi) is 9.72. The zero-order valence-electron chi connectivity index (χ0n) is 19.4. The molecule has 0 aliphatic rings. The lowest BCUT2D eigenvalue weighted by Crippen LogP contribution is -2.15. The zero-order chi connectivity index (χ0) is 23.7. The normalized spacial score (nSPS) is 12.6. The van der Waals surface area contributed by atoms with Gasteiger partial charge in [0, 0.05) is 17.3 Å². The summed E-state index contributed by atoms with van der Waals surface area (Å²) in [7, 11) is -3.90. The second-order valence-corrected chi connectivity index (χ2v) is 11.2. The molecule has 0 aliphatic heterocycles. The van der Waals surface area contributed by atoms with E-state index in [9.17, 15) is 4.57 Å². The fourth-order valence-corrected chi connectivity index (χ4v) is 5.23. The lowest BCUT2D eigenvalue weighted by atomic mass is 9.90. The predicted octanol–water partition coefficient (Wildman–Crippen LogP) is 6.01. The van der Waals surface area contributed by atoms with E-state index < -0.39 is 7.60 Å². The van der Waals surface area contributed by atoms with Crippen LogP contribution in [0.3, 0.4) is 0 Å². The second kappa shape index (κ2) is 12.5. The Morgan fingerprint density at radius 3 is 2.48 bits per heavy atom. The van der Waals surface area contributed by atoms with Gasteiger partial charge in [0.1, 0.15) is 5.75 Å². The van der Waals surface area contributed by atoms with Gasteiger partial charge in [0.15, 0.2) is 0 Å². The molecule has 178 valence electrons. The number of thiophene rings is 1. The first-order chi connectivity index (χ1) is 15.8. The van der Waals surface area contributed by atoms with Crippen molar-refractivity contribution in [3.8, 4) is 5.75 Å². The molecule has 1 unspecified atom stereocenters. The number of aryl methyl sites for hydroxylation is 2. The number of rotatable bonds is 13. The third-order valence-electron chi connectivity index (χ3n) is 5.78. The molecule has 5 nitrogen and oxygen atoms in total. The maximum absolute atomic E-state index is 10.9. The summed E-state index contributed by atoms with van der Waals surface area (Å²) in [4.78, 5) is 19.2. The summed E-state index contributed by atoms with van der Waals surface area (Å²) in [5.74, 6) is 1.26. The number of benzene rings is 2. The van der Waals surface area contributed by atoms with E-state index in [0.717, 1.165) is 24.2 Å². The van der Waals surface area contributed by atoms with Gasteiger partial charge in [0.2, 0.25) is 0 Å². The number of nitrogens with one attached hydrogen (secondary N) is 1. The topological polar surface area (TPSA) is 78.8 Å². The maximum atomic E-state index is 10.9. The van der Waals surface area contributed by atoms with Crippen molar-refractivity contribution < 1.29 is 19.1 Å². The number of hydrogen-bond donors (Lipinski definition) is 3. The molecule has 1 atom stereocenters. The Morgan fingerprint density at radius 2 is 1.82 bits per heavy atom. The highest BCUT2D eigenvalue weighted by molar-refractivity contribution is 7.51. The molecular formula is C26H34NO4PS. The van der Waals surface area contributed by atoms with Crippen LogP contribution in [0.2, 0.25) is 0 Å². The first-order valence-electron chi connectivity index (χ1n) is 11.4. The average molecular weight is 488 g/mol. The molecule has 0 aliphatic carbocycles. The first kappa shape index (κ1) is 25.7. The lowest BCUT2D eigenvalue weighted by molar-refractivity contribution is 0.304. The van der Waals surface area contributed by atoms with Gasteiger partial charge in [-0.25, -0.2) is 0 Å². The van der Waals surface area contributed by atoms with E-state index >= 15 is 0 Å². The average Bonchev–Trinajstić information content (AvgIpc) is 3.30. The summed E-state index contributed by atoms with van der Waals surface area (Å²) in [6.45, 7) is 6.25. The smallest absolute Gasteiger partial charge is 0.325 e. The minimum atomic E-state index is -3.90. The molecule has 7 heteroatoms. The van der Waals surface area contributed by atoms with Gasteiger partial charge in [-0.05, 0) is 85.5 Å². The van der Waals surface area contributed by atoms with Crippen LogP contribution < -0.4 is 10.1 Å². The quantitative estimate of drug-likeness (QED) is 0.203. The molecule has 3 aromatic rings. The van der Waals surface area contributed by atoms with E-state index in [1.807, 2.05) is 35.6 Å². The number of ether oxygens (including phenoxy) is 1. The van der Waals surface area contributed by atoms with Crippen LogP contribution in [0, 0.1) is 13.8 Å². The Labute approximate surface area is 201 Å². The van der Waals surface area contributed by atoms with Crippen molar-refractivity contribution >= 4 is 18.9 Å². The Hall–Kier alpha value is -1.95. The van der Waals surface area contributed by atoms with E-state index in [-0.39, 0.29) is 6.16 Å². The van der Waals surface area contributed by atoms with Gasteiger partial charge >= 0.3 is 7.60 Å². The summed E-state index contributed by atoms with van der Waals surface area (Å²) in [6.07, 6.45) is 2.39. The van der Waals surface area contributed by atoms with Crippen molar-refractivity contribution in [1.29, 1.82) is 0 Å². The summed E-state index contributed by atoms with van der Waals surface area (Å²) in [6, 6.07) is 19.1. The molecule has 0 amide bonds. The van der Waals surface area contributed by atoms with E-state index in [2.05, 4.69) is 54.9 Å². The minimum absolute atomic E-state index is 0.0797. The zero-order valence-corrected chi connectivity index (χ0v) is 21.1. The molecule has 0 saturated heterocycles. The van der Waals surface area contributed by atoms with Gasteiger partial charge in [-0.1, -0.05) is 36.4 Å². The van der Waals surface area contributed by atoms with Crippen molar-refractivity contribution in [2.45, 2.75) is 45.6 Å². The monoisotopic (exact) mass is 487 g/mol. The molecule has 0 radical (unpaired) electrons. The fourth-order valence-electron chi connectivity index (χ4n) is 3.77. The van der Waals surface area contributed by atoms with Crippen LogP contribution in [0.25, 0.3) is 0 Å². The van der Waals surface area contributed by atoms with Crippen molar-refractivity contribution in [2.24, 2.45) is 0 Å². The fraction of sp³-hybridized carbons (Fsp3) is 0.385. The van der Waals surface area contributed by atoms with E-state index in [4.69, 9.17) is 14.5 Å². The first-order valence-corrected chi connectivity index (χ1v) is 14.1. The van der Waals surface area contributed by atoms with Crippen LogP contribution in [0.1, 0.15) is 52.3 Å². The Bertz CT molecular complexity index is 1030. The van der Waals surface area contributed by atoms with Gasteiger partial charge in [0.25, 0.3) is 0 Å². The summed E-state index contributed by atoms with van der Waals surface area (Å²) >= 11 is 1.82. The molecule has 1 aromatic heterocycles. The molecule has 33 heavy (non-hydrogen) atoms. The van der Waals surface area contributed by atoms with Gasteiger partial charge in [-0.3, -0.25) is 4.57 Å². The van der Waals surface area contributed by atoms with Crippen LogP contribution in [0.15, 0.2) is 60.0 Å². The van der Waals surface area contributed by atoms with Gasteiger partial charge < -0.3 is 19.8 Å². The SMILES string of the molecule is Cc1ccc(C(CCCOc2ccc(CNCCCP(=O)(O)O)cc2)c2cccs2)cc1C. The minimum Gasteiger partial charge on any atom is -0.494 e. The van der Waals surface area contributed by atoms with Gasteiger partial charge in [-0.2, -0.15) is 0 Å². The largest absolute Gasteiger partial charge is 0.494 e. The molecular weight excluding hydrogens is 453 g/mol. The van der Waals surface area contributed by atoms with E-state index in [1.54, 1.807) is 0 Å². The van der Waals surface area contributed by atoms with E-state index in [1.165, 1.54) is 21.6 Å². The number of hydrogen-bond acceptors (Lipinski definition) is 4. The summed E-state index contributed by atoms with van der Waals surface area (Å²) < 4.78 is 16.8. The van der Waals surface area contributed by atoms with Crippen LogP contribution in [0.5, 0.6) is 5.75 Å². The summed E-state index contributed by atoms with van der Waals surface area (Å²) in [5, 5.41) is 5.36. The molecule has 3 rings (SSSR count). The highest BCUT2D eigenvalue weighted by atomic mass is 32.1. The van der Waals surface area contributed by atoms with Gasteiger partial charge in [-0.15, -0.1) is 11.3 Å². The highest BCUT2D eigenvalue weighted by Crippen LogP contribution is 2.35. The van der Waals surface area contributed by atoms with E-state index in [0.29, 0.717) is 32.0 Å². The van der Waals surface area contributed by atoms with Crippen LogP contribution in [-0.4, -0.2) is 29.1 Å². The van der Waals surface area contributed by atoms with Crippen molar-refractivity contribution in [1.82, 2.24) is 5.32 Å². The molecule has 3 N–H and O–H groups in total. The summed E-state index contributed by atoms with van der Waals surface area (Å²) in [5.41, 5.74) is 5.15. The van der Waals surface area contributed by atoms with Crippen LogP contribution in [-0.2, 0) is 11.1 Å². The highest BCUT2D eigenvalue weighted by Gasteiger charge is 2.16. The van der Waals surface area contributed by atoms with Gasteiger partial charge in [0.05, 0.1) is 12.8 Å². The Balaban J connectivity index is 1.44. The van der Waals surface area contributed by atoms with Crippen LogP contribution >= 0.6 is 18.9 Å². The van der Waals surface area contributed by atoms with Crippen molar-refractivity contribution in [3.05, 3.63) is 87.1 Å². The standard InChI is InChI=1S/C26H34NO4PS/c1-20-8-11-23(18-21(20)2)25(26-7-4-17-33-26)6-3-15-31-24-12-9-22(10-13-24)19-27-14-5-16-32(28,29)30/h4,7-13,17-18,25,27H,3,5-6,14-16,19H2,1-2H3,(H2,28,29,30). The molecule has 0 fully saturated rings. The molecule has 0 bridgehead atoms. The third-order valence-corrected chi connectivity index (χ3v) is 7.67. The second-order valence-electron chi connectivity index (χ2n) is 8.46. The van der Waals surface area contributed by atoms with Crippen LogP contribution in [0.4, 0.5) is 0 Å². The Morgan fingerprint density at radius 1 is 1.03 bits per heavy atom.